The van der Waals surface area contributed by atoms with Gasteiger partial charge in [-0.15, -0.1) is 0 Å². The van der Waals surface area contributed by atoms with Crippen LogP contribution in [0.2, 0.25) is 0 Å². The molecule has 0 aliphatic carbocycles. The Morgan fingerprint density at radius 1 is 0.868 bits per heavy atom. The van der Waals surface area contributed by atoms with Gasteiger partial charge in [0.05, 0.1) is 28.7 Å². The fraction of sp³-hybridized carbons (Fsp3) is 0.226. The minimum absolute atomic E-state index is 0.140. The third kappa shape index (κ3) is 5.01. The largest absolute Gasteiger partial charge is 0.487 e. The number of likely N-dealkylation sites (N-methyl/N-ethyl adjacent to an activating group) is 1. The van der Waals surface area contributed by atoms with Crippen LogP contribution in [-0.4, -0.2) is 34.6 Å². The average molecular weight is 517 g/mol. The van der Waals surface area contributed by atoms with E-state index < -0.39 is 18.1 Å². The van der Waals surface area contributed by atoms with Crippen LogP contribution in [0.25, 0.3) is 22.0 Å². The number of carbonyl (C=O) groups is 1. The monoisotopic (exact) mass is 516 g/mol. The molecule has 5 rings (SSSR count). The van der Waals surface area contributed by atoms with Gasteiger partial charge in [0.2, 0.25) is 0 Å². The van der Waals surface area contributed by atoms with E-state index in [1.807, 2.05) is 74.5 Å². The molecule has 1 aliphatic heterocycles. The van der Waals surface area contributed by atoms with Crippen molar-refractivity contribution in [3.63, 3.8) is 0 Å². The quantitative estimate of drug-likeness (QED) is 0.275. The molecule has 7 heteroatoms. The van der Waals surface area contributed by atoms with E-state index in [4.69, 9.17) is 4.74 Å². The number of pyridine rings is 1. The van der Waals surface area contributed by atoms with Crippen LogP contribution in [0.4, 0.5) is 13.2 Å². The zero-order valence-electron chi connectivity index (χ0n) is 21.3. The molecule has 38 heavy (non-hydrogen) atoms. The molecule has 0 atom stereocenters. The summed E-state index contributed by atoms with van der Waals surface area (Å²) in [6, 6.07) is 25.4. The van der Waals surface area contributed by atoms with Crippen molar-refractivity contribution in [2.75, 3.05) is 7.05 Å². The maximum atomic E-state index is 13.3. The van der Waals surface area contributed by atoms with Gasteiger partial charge < -0.3 is 9.64 Å². The zero-order valence-corrected chi connectivity index (χ0v) is 21.3. The molecule has 194 valence electrons. The molecule has 0 bridgehead atoms. The SMILES string of the molecule is CN1C(=O)C(c2ccc(OCc3ccc4ccccc4n3)cc2)=C(c2ccc(CC(F)(F)F)cc2)C1(C)C. The number of halogens is 3. The summed E-state index contributed by atoms with van der Waals surface area (Å²) >= 11 is 0. The summed E-state index contributed by atoms with van der Waals surface area (Å²) in [7, 11) is 1.74. The summed E-state index contributed by atoms with van der Waals surface area (Å²) in [5, 5.41) is 1.06. The molecular formula is C31H27F3N2O2. The Morgan fingerprint density at radius 3 is 2.21 bits per heavy atom. The molecule has 0 spiro atoms. The van der Waals surface area contributed by atoms with Crippen molar-refractivity contribution in [2.24, 2.45) is 0 Å². The number of amides is 1. The number of fused-ring (bicyclic) bond motifs is 1. The molecule has 3 aromatic carbocycles. The van der Waals surface area contributed by atoms with E-state index in [1.165, 1.54) is 12.1 Å². The van der Waals surface area contributed by atoms with Gasteiger partial charge in [0.25, 0.3) is 5.91 Å². The van der Waals surface area contributed by atoms with Crippen LogP contribution in [0.3, 0.4) is 0 Å². The lowest BCUT2D eigenvalue weighted by Gasteiger charge is -2.31. The van der Waals surface area contributed by atoms with Gasteiger partial charge in [0.1, 0.15) is 12.4 Å². The molecule has 1 amide bonds. The number of rotatable bonds is 6. The van der Waals surface area contributed by atoms with Crippen molar-refractivity contribution in [2.45, 2.75) is 38.6 Å². The third-order valence-corrected chi connectivity index (χ3v) is 7.05. The van der Waals surface area contributed by atoms with Gasteiger partial charge in [-0.1, -0.05) is 60.7 Å². The maximum Gasteiger partial charge on any atom is 0.393 e. The number of carbonyl (C=O) groups excluding carboxylic acids is 1. The summed E-state index contributed by atoms with van der Waals surface area (Å²) in [6.07, 6.45) is -5.26. The lowest BCUT2D eigenvalue weighted by molar-refractivity contribution is -0.127. The molecule has 1 aliphatic rings. The Labute approximate surface area is 219 Å². The number of hydrogen-bond acceptors (Lipinski definition) is 3. The highest BCUT2D eigenvalue weighted by Gasteiger charge is 2.44. The number of alkyl halides is 3. The van der Waals surface area contributed by atoms with Crippen LogP contribution in [0.15, 0.2) is 84.9 Å². The number of hydrogen-bond donors (Lipinski definition) is 0. The highest BCUT2D eigenvalue weighted by atomic mass is 19.4. The summed E-state index contributed by atoms with van der Waals surface area (Å²) in [5.74, 6) is 0.499. The molecule has 0 saturated carbocycles. The Kier molecular flexibility index (Phi) is 6.47. The van der Waals surface area contributed by atoms with Crippen molar-refractivity contribution in [1.82, 2.24) is 9.88 Å². The highest BCUT2D eigenvalue weighted by molar-refractivity contribution is 6.31. The summed E-state index contributed by atoms with van der Waals surface area (Å²) < 4.78 is 44.4. The Hall–Kier alpha value is -4.13. The van der Waals surface area contributed by atoms with E-state index >= 15 is 0 Å². The first-order valence-electron chi connectivity index (χ1n) is 12.3. The van der Waals surface area contributed by atoms with Gasteiger partial charge in [-0.3, -0.25) is 4.79 Å². The second-order valence-electron chi connectivity index (χ2n) is 9.97. The summed E-state index contributed by atoms with van der Waals surface area (Å²) in [5.41, 5.74) is 3.99. The zero-order chi connectivity index (χ0) is 27.1. The molecule has 4 aromatic rings. The number of ether oxygens (including phenoxy) is 1. The maximum absolute atomic E-state index is 13.3. The second kappa shape index (κ2) is 9.63. The summed E-state index contributed by atoms with van der Waals surface area (Å²) in [4.78, 5) is 19.6. The van der Waals surface area contributed by atoms with Crippen LogP contribution in [0.5, 0.6) is 5.75 Å². The second-order valence-corrected chi connectivity index (χ2v) is 9.97. The van der Waals surface area contributed by atoms with Crippen molar-refractivity contribution in [3.8, 4) is 5.75 Å². The molecule has 0 saturated heterocycles. The first kappa shape index (κ1) is 25.5. The van der Waals surface area contributed by atoms with E-state index in [1.54, 1.807) is 24.1 Å². The van der Waals surface area contributed by atoms with Gasteiger partial charge in [0.15, 0.2) is 0 Å². The van der Waals surface area contributed by atoms with Gasteiger partial charge in [-0.05, 0) is 60.4 Å². The molecule has 0 unspecified atom stereocenters. The van der Waals surface area contributed by atoms with E-state index in [-0.39, 0.29) is 11.5 Å². The first-order chi connectivity index (χ1) is 18.0. The van der Waals surface area contributed by atoms with E-state index in [9.17, 15) is 18.0 Å². The van der Waals surface area contributed by atoms with E-state index in [2.05, 4.69) is 4.98 Å². The minimum atomic E-state index is -4.27. The van der Waals surface area contributed by atoms with Crippen LogP contribution in [0, 0.1) is 0 Å². The predicted octanol–water partition coefficient (Wildman–Crippen LogP) is 7.08. The lowest BCUT2D eigenvalue weighted by Crippen LogP contribution is -2.39. The van der Waals surface area contributed by atoms with Crippen molar-refractivity contribution in [3.05, 3.63) is 107 Å². The van der Waals surface area contributed by atoms with Gasteiger partial charge >= 0.3 is 6.18 Å². The highest BCUT2D eigenvalue weighted by Crippen LogP contribution is 2.45. The topological polar surface area (TPSA) is 42.4 Å². The Bertz CT molecular complexity index is 1520. The molecule has 0 N–H and O–H groups in total. The molecule has 4 nitrogen and oxygen atoms in total. The Morgan fingerprint density at radius 2 is 1.53 bits per heavy atom. The fourth-order valence-electron chi connectivity index (χ4n) is 4.85. The minimum Gasteiger partial charge on any atom is -0.487 e. The Balaban J connectivity index is 1.41. The van der Waals surface area contributed by atoms with Crippen LogP contribution in [0.1, 0.15) is 36.2 Å². The predicted molar refractivity (Wildman–Crippen MR) is 142 cm³/mol. The molecule has 0 fully saturated rings. The summed E-state index contributed by atoms with van der Waals surface area (Å²) in [6.45, 7) is 4.17. The number of benzene rings is 3. The van der Waals surface area contributed by atoms with Gasteiger partial charge in [0, 0.05) is 12.4 Å². The molecule has 2 heterocycles. The molecule has 0 radical (unpaired) electrons. The van der Waals surface area contributed by atoms with Crippen LogP contribution < -0.4 is 4.74 Å². The third-order valence-electron chi connectivity index (χ3n) is 7.05. The molecule has 1 aromatic heterocycles. The molecular weight excluding hydrogens is 489 g/mol. The van der Waals surface area contributed by atoms with Crippen molar-refractivity contribution in [1.29, 1.82) is 0 Å². The number of para-hydroxylation sites is 1. The van der Waals surface area contributed by atoms with E-state index in [0.29, 0.717) is 17.9 Å². The first-order valence-corrected chi connectivity index (χ1v) is 12.3. The van der Waals surface area contributed by atoms with Gasteiger partial charge in [-0.2, -0.15) is 13.2 Å². The van der Waals surface area contributed by atoms with Crippen LogP contribution in [-0.2, 0) is 17.8 Å². The fourth-order valence-corrected chi connectivity index (χ4v) is 4.85. The smallest absolute Gasteiger partial charge is 0.393 e. The number of aromatic nitrogens is 1. The van der Waals surface area contributed by atoms with E-state index in [0.717, 1.165) is 33.3 Å². The lowest BCUT2D eigenvalue weighted by atomic mass is 9.85. The van der Waals surface area contributed by atoms with Crippen LogP contribution >= 0.6 is 0 Å². The van der Waals surface area contributed by atoms with Crippen molar-refractivity contribution < 1.29 is 22.7 Å². The normalized spacial score (nSPS) is 15.4. The average Bonchev–Trinajstić information content (AvgIpc) is 3.07. The van der Waals surface area contributed by atoms with Gasteiger partial charge in [-0.25, -0.2) is 4.98 Å². The van der Waals surface area contributed by atoms with Crippen molar-refractivity contribution >= 4 is 28.0 Å². The number of nitrogens with zero attached hydrogens (tertiary/aromatic N) is 2. The standard InChI is InChI=1S/C31H27F3N2O2/c1-30(2)28(23-10-8-20(9-11-23)18-31(32,33)34)27(29(37)36(30)3)22-13-16-25(17-14-22)38-19-24-15-12-21-6-4-5-7-26(21)35-24/h4-17H,18-19H2,1-3H3.